The number of rotatable bonds is 3. The van der Waals surface area contributed by atoms with E-state index in [9.17, 15) is 0 Å². The fourth-order valence-electron chi connectivity index (χ4n) is 1.76. The standard InChI is InChI=1S/C10H16N2S/c1-3-8-5-10(13)12(7-8)9(4-2)6-11/h8-9H,3-5,7H2,1-2H3. The molecule has 1 aliphatic heterocycles. The maximum Gasteiger partial charge on any atom is 0.117 e. The van der Waals surface area contributed by atoms with E-state index in [1.54, 1.807) is 0 Å². The van der Waals surface area contributed by atoms with Gasteiger partial charge in [0, 0.05) is 13.0 Å². The molecule has 72 valence electrons. The molecule has 0 N–H and O–H groups in total. The maximum absolute atomic E-state index is 8.91. The highest BCUT2D eigenvalue weighted by Crippen LogP contribution is 2.24. The molecule has 0 bridgehead atoms. The number of nitrogens with zero attached hydrogens (tertiary/aromatic N) is 2. The first kappa shape index (κ1) is 10.5. The predicted octanol–water partition coefficient (Wildman–Crippen LogP) is 2.35. The Morgan fingerprint density at radius 1 is 1.69 bits per heavy atom. The van der Waals surface area contributed by atoms with Crippen molar-refractivity contribution in [3.8, 4) is 6.07 Å². The Labute approximate surface area is 85.5 Å². The second-order valence-electron chi connectivity index (χ2n) is 3.58. The van der Waals surface area contributed by atoms with Crippen LogP contribution >= 0.6 is 12.2 Å². The van der Waals surface area contributed by atoms with Crippen LogP contribution in [0.2, 0.25) is 0 Å². The summed E-state index contributed by atoms with van der Waals surface area (Å²) >= 11 is 5.27. The van der Waals surface area contributed by atoms with Crippen LogP contribution in [-0.2, 0) is 0 Å². The van der Waals surface area contributed by atoms with Gasteiger partial charge < -0.3 is 4.90 Å². The molecule has 0 aliphatic carbocycles. The van der Waals surface area contributed by atoms with Crippen LogP contribution in [0.5, 0.6) is 0 Å². The van der Waals surface area contributed by atoms with Crippen molar-refractivity contribution in [2.45, 2.75) is 39.2 Å². The number of nitriles is 1. The molecule has 1 fully saturated rings. The normalized spacial score (nSPS) is 24.5. The monoisotopic (exact) mass is 196 g/mol. The SMILES string of the molecule is CCC1CC(=S)N(C(C#N)CC)C1. The van der Waals surface area contributed by atoms with Crippen molar-refractivity contribution in [1.82, 2.24) is 4.90 Å². The molecule has 0 aromatic heterocycles. The van der Waals surface area contributed by atoms with E-state index >= 15 is 0 Å². The summed E-state index contributed by atoms with van der Waals surface area (Å²) in [4.78, 5) is 3.09. The lowest BCUT2D eigenvalue weighted by Gasteiger charge is -2.22. The lowest BCUT2D eigenvalue weighted by atomic mass is 10.1. The minimum atomic E-state index is 0.00375. The van der Waals surface area contributed by atoms with Crippen LogP contribution in [0.15, 0.2) is 0 Å². The molecule has 13 heavy (non-hydrogen) atoms. The van der Waals surface area contributed by atoms with E-state index in [4.69, 9.17) is 17.5 Å². The molecule has 1 heterocycles. The van der Waals surface area contributed by atoms with Gasteiger partial charge in [0.05, 0.1) is 11.1 Å². The highest BCUT2D eigenvalue weighted by Gasteiger charge is 2.29. The Kier molecular flexibility index (Phi) is 3.68. The highest BCUT2D eigenvalue weighted by molar-refractivity contribution is 7.80. The molecule has 1 aliphatic rings. The third-order valence-electron chi connectivity index (χ3n) is 2.73. The number of hydrogen-bond acceptors (Lipinski definition) is 2. The van der Waals surface area contributed by atoms with E-state index in [0.29, 0.717) is 5.92 Å². The Morgan fingerprint density at radius 3 is 2.77 bits per heavy atom. The molecular weight excluding hydrogens is 180 g/mol. The number of hydrogen-bond donors (Lipinski definition) is 0. The zero-order valence-electron chi connectivity index (χ0n) is 8.29. The lowest BCUT2D eigenvalue weighted by molar-refractivity contribution is 0.348. The Morgan fingerprint density at radius 2 is 2.38 bits per heavy atom. The molecule has 0 saturated carbocycles. The van der Waals surface area contributed by atoms with Gasteiger partial charge in [-0.05, 0) is 12.3 Å². The average molecular weight is 196 g/mol. The van der Waals surface area contributed by atoms with E-state index in [1.165, 1.54) is 6.42 Å². The molecule has 1 saturated heterocycles. The van der Waals surface area contributed by atoms with Crippen LogP contribution in [0.4, 0.5) is 0 Å². The number of thiocarbonyl (C=S) groups is 1. The van der Waals surface area contributed by atoms with Crippen LogP contribution in [0.3, 0.4) is 0 Å². The van der Waals surface area contributed by atoms with Gasteiger partial charge in [-0.15, -0.1) is 0 Å². The fraction of sp³-hybridized carbons (Fsp3) is 0.800. The molecule has 0 aromatic rings. The van der Waals surface area contributed by atoms with Crippen molar-refractivity contribution in [2.24, 2.45) is 5.92 Å². The Bertz CT molecular complexity index is 232. The molecule has 1 rings (SSSR count). The minimum Gasteiger partial charge on any atom is -0.350 e. The Hall–Kier alpha value is -0.620. The molecular formula is C10H16N2S. The van der Waals surface area contributed by atoms with Gasteiger partial charge in [-0.3, -0.25) is 0 Å². The van der Waals surface area contributed by atoms with Gasteiger partial charge in [0.15, 0.2) is 0 Å². The van der Waals surface area contributed by atoms with Crippen LogP contribution < -0.4 is 0 Å². The first-order valence-corrected chi connectivity index (χ1v) is 5.32. The largest absolute Gasteiger partial charge is 0.350 e. The van der Waals surface area contributed by atoms with Gasteiger partial charge in [-0.1, -0.05) is 32.5 Å². The summed E-state index contributed by atoms with van der Waals surface area (Å²) in [5, 5.41) is 8.91. The summed E-state index contributed by atoms with van der Waals surface area (Å²) in [5.41, 5.74) is 0. The third kappa shape index (κ3) is 2.19. The van der Waals surface area contributed by atoms with Crippen molar-refractivity contribution in [3.05, 3.63) is 0 Å². The molecule has 0 radical (unpaired) electrons. The molecule has 2 atom stereocenters. The molecule has 0 amide bonds. The highest BCUT2D eigenvalue weighted by atomic mass is 32.1. The van der Waals surface area contributed by atoms with E-state index < -0.39 is 0 Å². The maximum atomic E-state index is 8.91. The van der Waals surface area contributed by atoms with Crippen molar-refractivity contribution in [1.29, 1.82) is 5.26 Å². The van der Waals surface area contributed by atoms with Gasteiger partial charge >= 0.3 is 0 Å². The van der Waals surface area contributed by atoms with Gasteiger partial charge in [-0.25, -0.2) is 0 Å². The van der Waals surface area contributed by atoms with E-state index in [1.807, 2.05) is 6.92 Å². The Balaban J connectivity index is 2.62. The lowest BCUT2D eigenvalue weighted by Crippen LogP contribution is -2.34. The molecule has 2 nitrogen and oxygen atoms in total. The van der Waals surface area contributed by atoms with Crippen LogP contribution in [-0.4, -0.2) is 22.5 Å². The van der Waals surface area contributed by atoms with Crippen LogP contribution in [0.1, 0.15) is 33.1 Å². The van der Waals surface area contributed by atoms with E-state index in [0.717, 1.165) is 24.4 Å². The zero-order chi connectivity index (χ0) is 9.84. The first-order chi connectivity index (χ1) is 6.22. The third-order valence-corrected chi connectivity index (χ3v) is 3.13. The fourth-order valence-corrected chi connectivity index (χ4v) is 2.20. The summed E-state index contributed by atoms with van der Waals surface area (Å²) in [6.45, 7) is 5.21. The van der Waals surface area contributed by atoms with Gasteiger partial charge in [0.25, 0.3) is 0 Å². The smallest absolute Gasteiger partial charge is 0.117 e. The summed E-state index contributed by atoms with van der Waals surface area (Å²) in [7, 11) is 0. The van der Waals surface area contributed by atoms with Crippen molar-refractivity contribution >= 4 is 17.2 Å². The number of likely N-dealkylation sites (tertiary alicyclic amines) is 1. The van der Waals surface area contributed by atoms with E-state index in [-0.39, 0.29) is 6.04 Å². The second-order valence-corrected chi connectivity index (χ2v) is 4.05. The van der Waals surface area contributed by atoms with Crippen LogP contribution in [0, 0.1) is 17.2 Å². The topological polar surface area (TPSA) is 27.0 Å². The summed E-state index contributed by atoms with van der Waals surface area (Å²) in [6.07, 6.45) is 3.04. The first-order valence-electron chi connectivity index (χ1n) is 4.92. The zero-order valence-corrected chi connectivity index (χ0v) is 9.10. The van der Waals surface area contributed by atoms with Gasteiger partial charge in [0.1, 0.15) is 6.04 Å². The van der Waals surface area contributed by atoms with Crippen molar-refractivity contribution in [2.75, 3.05) is 6.54 Å². The average Bonchev–Trinajstić information content (AvgIpc) is 2.50. The minimum absolute atomic E-state index is 0.00375. The summed E-state index contributed by atoms with van der Waals surface area (Å²) in [5.74, 6) is 0.676. The summed E-state index contributed by atoms with van der Waals surface area (Å²) in [6, 6.07) is 2.31. The van der Waals surface area contributed by atoms with Gasteiger partial charge in [-0.2, -0.15) is 5.26 Å². The second kappa shape index (κ2) is 4.57. The van der Waals surface area contributed by atoms with Gasteiger partial charge in [0.2, 0.25) is 0 Å². The predicted molar refractivity (Wildman–Crippen MR) is 57.4 cm³/mol. The molecule has 0 aromatic carbocycles. The van der Waals surface area contributed by atoms with Crippen LogP contribution in [0.25, 0.3) is 0 Å². The van der Waals surface area contributed by atoms with Crippen molar-refractivity contribution in [3.63, 3.8) is 0 Å². The quantitative estimate of drug-likeness (QED) is 0.648. The molecule has 3 heteroatoms. The molecule has 0 spiro atoms. The molecule has 2 unspecified atom stereocenters. The van der Waals surface area contributed by atoms with Crippen molar-refractivity contribution < 1.29 is 0 Å². The summed E-state index contributed by atoms with van der Waals surface area (Å²) < 4.78 is 0. The van der Waals surface area contributed by atoms with E-state index in [2.05, 4.69) is 17.9 Å².